The molecule has 2 amide bonds. The van der Waals surface area contributed by atoms with E-state index >= 15 is 0 Å². The highest BCUT2D eigenvalue weighted by molar-refractivity contribution is 6.01. The largest absolute Gasteiger partial charge is 0.465 e. The zero-order chi connectivity index (χ0) is 16.4. The van der Waals surface area contributed by atoms with Crippen molar-refractivity contribution in [1.29, 1.82) is 0 Å². The lowest BCUT2D eigenvalue weighted by atomic mass is 10.3. The molecule has 1 aromatic heterocycles. The van der Waals surface area contributed by atoms with Gasteiger partial charge < -0.3 is 10.4 Å². The van der Waals surface area contributed by atoms with E-state index in [0.29, 0.717) is 16.7 Å². The summed E-state index contributed by atoms with van der Waals surface area (Å²) >= 11 is 0. The molecule has 1 heterocycles. The van der Waals surface area contributed by atoms with Crippen molar-refractivity contribution in [3.8, 4) is 0 Å². The average Bonchev–Trinajstić information content (AvgIpc) is 2.94. The quantitative estimate of drug-likeness (QED) is 0.760. The number of carboxylic acid groups (broad SMARTS) is 1. The molecular formula is C16H14N4O3. The Bertz CT molecular complexity index is 873. The van der Waals surface area contributed by atoms with Gasteiger partial charge in [0, 0.05) is 12.7 Å². The lowest BCUT2D eigenvalue weighted by Gasteiger charge is -2.14. The van der Waals surface area contributed by atoms with Crippen LogP contribution in [0.3, 0.4) is 0 Å². The molecule has 2 N–H and O–H groups in total. The molecule has 0 spiro atoms. The van der Waals surface area contributed by atoms with Crippen molar-refractivity contribution in [2.24, 2.45) is 0 Å². The van der Waals surface area contributed by atoms with Crippen LogP contribution in [0.5, 0.6) is 0 Å². The van der Waals surface area contributed by atoms with Crippen LogP contribution in [0.4, 0.5) is 21.2 Å². The Kier molecular flexibility index (Phi) is 3.68. The maximum absolute atomic E-state index is 12.6. The van der Waals surface area contributed by atoms with Crippen LogP contribution in [0.2, 0.25) is 0 Å². The SMILES string of the molecule is CN(C(=O)O)c1nc2ccccc2n1C(=O)Nc1ccccc1. The molecule has 0 saturated heterocycles. The van der Waals surface area contributed by atoms with Gasteiger partial charge in [-0.1, -0.05) is 30.3 Å². The van der Waals surface area contributed by atoms with E-state index in [1.54, 1.807) is 48.5 Å². The van der Waals surface area contributed by atoms with E-state index in [2.05, 4.69) is 10.3 Å². The number of rotatable bonds is 2. The van der Waals surface area contributed by atoms with Gasteiger partial charge in [-0.3, -0.25) is 0 Å². The number of amides is 2. The predicted octanol–water partition coefficient (Wildman–Crippen LogP) is 3.23. The second-order valence-electron chi connectivity index (χ2n) is 4.87. The van der Waals surface area contributed by atoms with Crippen molar-refractivity contribution < 1.29 is 14.7 Å². The van der Waals surface area contributed by atoms with Crippen molar-refractivity contribution in [2.45, 2.75) is 0 Å². The van der Waals surface area contributed by atoms with E-state index in [4.69, 9.17) is 0 Å². The third-order valence-electron chi connectivity index (χ3n) is 3.36. The van der Waals surface area contributed by atoms with Crippen LogP contribution < -0.4 is 10.2 Å². The number of nitrogens with one attached hydrogen (secondary N) is 1. The Labute approximate surface area is 131 Å². The van der Waals surface area contributed by atoms with Gasteiger partial charge in [0.15, 0.2) is 0 Å². The standard InChI is InChI=1S/C16H14N4O3/c1-19(16(22)23)14-18-12-9-5-6-10-13(12)20(14)15(21)17-11-7-3-2-4-8-11/h2-10H,1H3,(H,17,21)(H,22,23). The molecular weight excluding hydrogens is 296 g/mol. The van der Waals surface area contributed by atoms with E-state index in [0.717, 1.165) is 4.90 Å². The normalized spacial score (nSPS) is 10.5. The van der Waals surface area contributed by atoms with Crippen molar-refractivity contribution in [1.82, 2.24) is 9.55 Å². The minimum absolute atomic E-state index is 0.0344. The van der Waals surface area contributed by atoms with E-state index in [-0.39, 0.29) is 5.95 Å². The topological polar surface area (TPSA) is 87.5 Å². The number of fused-ring (bicyclic) bond motifs is 1. The summed E-state index contributed by atoms with van der Waals surface area (Å²) in [6.07, 6.45) is -1.20. The fraction of sp³-hybridized carbons (Fsp3) is 0.0625. The number of hydrogen-bond donors (Lipinski definition) is 2. The van der Waals surface area contributed by atoms with Crippen molar-refractivity contribution >= 4 is 34.8 Å². The number of para-hydroxylation sites is 3. The van der Waals surface area contributed by atoms with Crippen LogP contribution in [-0.2, 0) is 0 Å². The van der Waals surface area contributed by atoms with Crippen LogP contribution in [0.25, 0.3) is 11.0 Å². The number of nitrogens with zero attached hydrogens (tertiary/aromatic N) is 3. The number of carbonyl (C=O) groups is 2. The second kappa shape index (κ2) is 5.80. The van der Waals surface area contributed by atoms with Crippen LogP contribution >= 0.6 is 0 Å². The van der Waals surface area contributed by atoms with Gasteiger partial charge in [-0.15, -0.1) is 0 Å². The molecule has 23 heavy (non-hydrogen) atoms. The fourth-order valence-corrected chi connectivity index (χ4v) is 2.22. The first-order valence-electron chi connectivity index (χ1n) is 6.88. The maximum Gasteiger partial charge on any atom is 0.413 e. The molecule has 0 fully saturated rings. The molecule has 116 valence electrons. The highest BCUT2D eigenvalue weighted by Gasteiger charge is 2.22. The van der Waals surface area contributed by atoms with E-state index < -0.39 is 12.1 Å². The van der Waals surface area contributed by atoms with Crippen molar-refractivity contribution in [3.05, 3.63) is 54.6 Å². The molecule has 0 aliphatic rings. The molecule has 0 saturated carbocycles. The Morgan fingerprint density at radius 2 is 1.74 bits per heavy atom. The summed E-state index contributed by atoms with van der Waals surface area (Å²) in [5.41, 5.74) is 1.68. The van der Waals surface area contributed by atoms with E-state index in [9.17, 15) is 14.7 Å². The zero-order valence-corrected chi connectivity index (χ0v) is 12.3. The summed E-state index contributed by atoms with van der Waals surface area (Å²) < 4.78 is 1.25. The molecule has 0 unspecified atom stereocenters. The number of carbonyl (C=O) groups excluding carboxylic acids is 1. The number of benzene rings is 2. The van der Waals surface area contributed by atoms with Gasteiger partial charge in [0.1, 0.15) is 0 Å². The molecule has 0 atom stereocenters. The van der Waals surface area contributed by atoms with E-state index in [1.807, 2.05) is 6.07 Å². The first kappa shape index (κ1) is 14.6. The highest BCUT2D eigenvalue weighted by atomic mass is 16.4. The number of anilines is 2. The molecule has 0 aliphatic carbocycles. The van der Waals surface area contributed by atoms with Crippen LogP contribution in [0.15, 0.2) is 54.6 Å². The highest BCUT2D eigenvalue weighted by Crippen LogP contribution is 2.22. The molecule has 3 aromatic rings. The van der Waals surface area contributed by atoms with Gasteiger partial charge in [0.05, 0.1) is 11.0 Å². The van der Waals surface area contributed by atoms with Gasteiger partial charge in [0.2, 0.25) is 5.95 Å². The summed E-state index contributed by atoms with van der Waals surface area (Å²) in [5.74, 6) is 0.0344. The first-order chi connectivity index (χ1) is 11.1. The molecule has 3 rings (SSSR count). The van der Waals surface area contributed by atoms with Crippen molar-refractivity contribution in [3.63, 3.8) is 0 Å². The average molecular weight is 310 g/mol. The fourth-order valence-electron chi connectivity index (χ4n) is 2.22. The molecule has 7 nitrogen and oxygen atoms in total. The second-order valence-corrected chi connectivity index (χ2v) is 4.87. The van der Waals surface area contributed by atoms with Crippen LogP contribution in [0, 0.1) is 0 Å². The molecule has 0 bridgehead atoms. The number of hydrogen-bond acceptors (Lipinski definition) is 3. The van der Waals surface area contributed by atoms with Crippen LogP contribution in [0.1, 0.15) is 0 Å². The summed E-state index contributed by atoms with van der Waals surface area (Å²) in [7, 11) is 1.34. The summed E-state index contributed by atoms with van der Waals surface area (Å²) in [6.45, 7) is 0. The van der Waals surface area contributed by atoms with Gasteiger partial charge >= 0.3 is 12.1 Å². The smallest absolute Gasteiger partial charge is 0.413 e. The Balaban J connectivity index is 2.09. The Morgan fingerprint density at radius 3 is 2.43 bits per heavy atom. The minimum atomic E-state index is -1.20. The molecule has 7 heteroatoms. The molecule has 0 aliphatic heterocycles. The minimum Gasteiger partial charge on any atom is -0.465 e. The first-order valence-corrected chi connectivity index (χ1v) is 6.88. The predicted molar refractivity (Wildman–Crippen MR) is 87.0 cm³/mol. The third-order valence-corrected chi connectivity index (χ3v) is 3.36. The lowest BCUT2D eigenvalue weighted by molar-refractivity contribution is 0.203. The monoisotopic (exact) mass is 310 g/mol. The summed E-state index contributed by atoms with van der Waals surface area (Å²) in [6, 6.07) is 15.4. The van der Waals surface area contributed by atoms with E-state index in [1.165, 1.54) is 11.6 Å². The van der Waals surface area contributed by atoms with Gasteiger partial charge in [-0.2, -0.15) is 0 Å². The number of imidazole rings is 1. The molecule has 2 aromatic carbocycles. The Morgan fingerprint density at radius 1 is 1.09 bits per heavy atom. The van der Waals surface area contributed by atoms with Crippen molar-refractivity contribution in [2.75, 3.05) is 17.3 Å². The summed E-state index contributed by atoms with van der Waals surface area (Å²) in [5, 5.41) is 11.9. The summed E-state index contributed by atoms with van der Waals surface area (Å²) in [4.78, 5) is 29.0. The zero-order valence-electron chi connectivity index (χ0n) is 12.3. The maximum atomic E-state index is 12.6. The number of aromatic nitrogens is 2. The van der Waals surface area contributed by atoms with Gasteiger partial charge in [0.25, 0.3) is 0 Å². The third kappa shape index (κ3) is 2.71. The lowest BCUT2D eigenvalue weighted by Crippen LogP contribution is -2.30. The van der Waals surface area contributed by atoms with Gasteiger partial charge in [-0.05, 0) is 24.3 Å². The molecule has 0 radical (unpaired) electrons. The Hall–Kier alpha value is -3.35. The van der Waals surface area contributed by atoms with Gasteiger partial charge in [-0.25, -0.2) is 24.0 Å². The van der Waals surface area contributed by atoms with Crippen LogP contribution in [-0.4, -0.2) is 33.8 Å².